The summed E-state index contributed by atoms with van der Waals surface area (Å²) in [6.45, 7) is 0. The number of aromatic nitrogens is 1. The van der Waals surface area contributed by atoms with Crippen molar-refractivity contribution in [3.63, 3.8) is 0 Å². The van der Waals surface area contributed by atoms with Crippen LogP contribution < -0.4 is 5.14 Å². The smallest absolute Gasteiger partial charge is 0.238 e. The summed E-state index contributed by atoms with van der Waals surface area (Å²) in [7, 11) is -3.72. The molecule has 0 amide bonds. The zero-order chi connectivity index (χ0) is 16.4. The van der Waals surface area contributed by atoms with E-state index in [2.05, 4.69) is 4.98 Å². The van der Waals surface area contributed by atoms with Gasteiger partial charge in [-0.15, -0.1) is 11.3 Å². The van der Waals surface area contributed by atoms with Gasteiger partial charge in [-0.3, -0.25) is 0 Å². The average Bonchev–Trinajstić information content (AvgIpc) is 2.97. The molecule has 0 fully saturated rings. The lowest BCUT2D eigenvalue weighted by Crippen LogP contribution is -2.11. The molecular weight excluding hydrogens is 352 g/mol. The van der Waals surface area contributed by atoms with Crippen molar-refractivity contribution in [3.05, 3.63) is 69.5 Å². The Morgan fingerprint density at radius 2 is 1.87 bits per heavy atom. The highest BCUT2D eigenvalue weighted by atomic mass is 35.5. The van der Waals surface area contributed by atoms with Gasteiger partial charge in [0.05, 0.1) is 15.6 Å². The Bertz CT molecular complexity index is 935. The maximum absolute atomic E-state index is 11.4. The van der Waals surface area contributed by atoms with E-state index < -0.39 is 10.0 Å². The van der Waals surface area contributed by atoms with E-state index in [1.807, 2.05) is 35.7 Å². The first-order valence-electron chi connectivity index (χ1n) is 6.74. The SMILES string of the molecule is NS(=O)(=O)c1cccc(-c2csc(Cc3ccc(Cl)cc3)n2)c1. The molecule has 0 saturated heterocycles. The number of hydrogen-bond donors (Lipinski definition) is 1. The summed E-state index contributed by atoms with van der Waals surface area (Å²) >= 11 is 7.41. The Morgan fingerprint density at radius 3 is 2.57 bits per heavy atom. The van der Waals surface area contributed by atoms with E-state index in [1.54, 1.807) is 6.07 Å². The molecule has 0 aliphatic carbocycles. The van der Waals surface area contributed by atoms with E-state index in [0.29, 0.717) is 11.4 Å². The summed E-state index contributed by atoms with van der Waals surface area (Å²) in [5.41, 5.74) is 2.59. The maximum atomic E-state index is 11.4. The Labute approximate surface area is 143 Å². The van der Waals surface area contributed by atoms with Crippen LogP contribution in [0, 0.1) is 0 Å². The van der Waals surface area contributed by atoms with Crippen molar-refractivity contribution >= 4 is 33.0 Å². The van der Waals surface area contributed by atoms with Gasteiger partial charge in [0.1, 0.15) is 0 Å². The van der Waals surface area contributed by atoms with Crippen molar-refractivity contribution < 1.29 is 8.42 Å². The lowest BCUT2D eigenvalue weighted by molar-refractivity contribution is 0.598. The molecule has 0 atom stereocenters. The molecule has 0 aliphatic rings. The Hall–Kier alpha value is -1.73. The fraction of sp³-hybridized carbons (Fsp3) is 0.0625. The van der Waals surface area contributed by atoms with Gasteiger partial charge < -0.3 is 0 Å². The zero-order valence-corrected chi connectivity index (χ0v) is 14.3. The van der Waals surface area contributed by atoms with E-state index in [1.165, 1.54) is 23.5 Å². The van der Waals surface area contributed by atoms with Crippen LogP contribution in [0.5, 0.6) is 0 Å². The fourth-order valence-electron chi connectivity index (χ4n) is 2.13. The number of nitrogens with two attached hydrogens (primary N) is 1. The van der Waals surface area contributed by atoms with Crippen LogP contribution in [0.3, 0.4) is 0 Å². The van der Waals surface area contributed by atoms with Gasteiger partial charge in [0.25, 0.3) is 0 Å². The summed E-state index contributed by atoms with van der Waals surface area (Å²) < 4.78 is 22.9. The predicted molar refractivity (Wildman–Crippen MR) is 93.2 cm³/mol. The van der Waals surface area contributed by atoms with Gasteiger partial charge >= 0.3 is 0 Å². The summed E-state index contributed by atoms with van der Waals surface area (Å²) in [5.74, 6) is 0. The summed E-state index contributed by atoms with van der Waals surface area (Å²) in [5, 5.41) is 8.73. The summed E-state index contributed by atoms with van der Waals surface area (Å²) in [6.07, 6.45) is 0.705. The Kier molecular flexibility index (Phi) is 4.50. The van der Waals surface area contributed by atoms with Crippen molar-refractivity contribution in [1.82, 2.24) is 4.98 Å². The van der Waals surface area contributed by atoms with Gasteiger partial charge in [0, 0.05) is 22.4 Å². The minimum Gasteiger partial charge on any atom is -0.241 e. The van der Waals surface area contributed by atoms with Gasteiger partial charge in [-0.25, -0.2) is 18.5 Å². The van der Waals surface area contributed by atoms with Gasteiger partial charge in [-0.05, 0) is 29.8 Å². The number of nitrogens with zero attached hydrogens (tertiary/aromatic N) is 1. The molecule has 23 heavy (non-hydrogen) atoms. The van der Waals surface area contributed by atoms with Crippen molar-refractivity contribution in [3.8, 4) is 11.3 Å². The van der Waals surface area contributed by atoms with Crippen LogP contribution >= 0.6 is 22.9 Å². The fourth-order valence-corrected chi connectivity index (χ4v) is 3.66. The molecule has 1 aromatic heterocycles. The number of primary sulfonamides is 1. The predicted octanol–water partition coefficient (Wildman–Crippen LogP) is 3.70. The number of hydrogen-bond acceptors (Lipinski definition) is 4. The quantitative estimate of drug-likeness (QED) is 0.767. The molecule has 3 aromatic rings. The van der Waals surface area contributed by atoms with Gasteiger partial charge in [-0.1, -0.05) is 35.9 Å². The van der Waals surface area contributed by atoms with Crippen molar-refractivity contribution in [2.45, 2.75) is 11.3 Å². The molecule has 7 heteroatoms. The van der Waals surface area contributed by atoms with Crippen LogP contribution in [-0.4, -0.2) is 13.4 Å². The Morgan fingerprint density at radius 1 is 1.13 bits per heavy atom. The molecule has 0 spiro atoms. The van der Waals surface area contributed by atoms with Crippen LogP contribution in [0.15, 0.2) is 58.8 Å². The van der Waals surface area contributed by atoms with E-state index in [9.17, 15) is 8.42 Å². The summed E-state index contributed by atoms with van der Waals surface area (Å²) in [4.78, 5) is 4.66. The first kappa shape index (κ1) is 16.1. The molecule has 0 radical (unpaired) electrons. The zero-order valence-electron chi connectivity index (χ0n) is 11.9. The second-order valence-corrected chi connectivity index (χ2v) is 7.94. The van der Waals surface area contributed by atoms with E-state index >= 15 is 0 Å². The van der Waals surface area contributed by atoms with Gasteiger partial charge in [0.2, 0.25) is 10.0 Å². The second-order valence-electron chi connectivity index (χ2n) is 5.00. The maximum Gasteiger partial charge on any atom is 0.238 e. The molecule has 4 nitrogen and oxygen atoms in total. The normalized spacial score (nSPS) is 11.6. The first-order valence-corrected chi connectivity index (χ1v) is 9.54. The van der Waals surface area contributed by atoms with E-state index in [0.717, 1.165) is 21.8 Å². The molecule has 0 unspecified atom stereocenters. The van der Waals surface area contributed by atoms with Crippen LogP contribution in [0.4, 0.5) is 0 Å². The number of sulfonamides is 1. The van der Waals surface area contributed by atoms with E-state index in [4.69, 9.17) is 16.7 Å². The third kappa shape index (κ3) is 3.97. The van der Waals surface area contributed by atoms with Crippen molar-refractivity contribution in [2.75, 3.05) is 0 Å². The van der Waals surface area contributed by atoms with Crippen LogP contribution in [0.25, 0.3) is 11.3 Å². The van der Waals surface area contributed by atoms with Crippen LogP contribution in [0.1, 0.15) is 10.6 Å². The molecule has 0 saturated carbocycles. The van der Waals surface area contributed by atoms with Crippen molar-refractivity contribution in [1.29, 1.82) is 0 Å². The highest BCUT2D eigenvalue weighted by Gasteiger charge is 2.11. The molecule has 3 rings (SSSR count). The molecule has 118 valence electrons. The highest BCUT2D eigenvalue weighted by Crippen LogP contribution is 2.25. The monoisotopic (exact) mass is 364 g/mol. The minimum absolute atomic E-state index is 0.0854. The number of rotatable bonds is 4. The molecular formula is C16H13ClN2O2S2. The standard InChI is InChI=1S/C16H13ClN2O2S2/c17-13-6-4-11(5-7-13)8-16-19-15(10-22-16)12-2-1-3-14(9-12)23(18,20)21/h1-7,9-10H,8H2,(H2,18,20,21). The number of thiazole rings is 1. The topological polar surface area (TPSA) is 73.1 Å². The average molecular weight is 365 g/mol. The second kappa shape index (κ2) is 6.41. The molecule has 2 aromatic carbocycles. The number of benzene rings is 2. The summed E-state index contributed by atoms with van der Waals surface area (Å²) in [6, 6.07) is 14.1. The minimum atomic E-state index is -3.72. The van der Waals surface area contributed by atoms with Crippen molar-refractivity contribution in [2.24, 2.45) is 5.14 Å². The third-order valence-corrected chi connectivity index (χ3v) is 5.29. The molecule has 1 heterocycles. The van der Waals surface area contributed by atoms with E-state index in [-0.39, 0.29) is 4.90 Å². The largest absolute Gasteiger partial charge is 0.241 e. The Balaban J connectivity index is 1.86. The number of halogens is 1. The van der Waals surface area contributed by atoms with Crippen LogP contribution in [0.2, 0.25) is 5.02 Å². The molecule has 2 N–H and O–H groups in total. The highest BCUT2D eigenvalue weighted by molar-refractivity contribution is 7.89. The lowest BCUT2D eigenvalue weighted by atomic mass is 10.1. The third-order valence-electron chi connectivity index (χ3n) is 3.28. The molecule has 0 bridgehead atoms. The molecule has 0 aliphatic heterocycles. The first-order chi connectivity index (χ1) is 10.9. The van der Waals surface area contributed by atoms with Gasteiger partial charge in [-0.2, -0.15) is 0 Å². The van der Waals surface area contributed by atoms with Gasteiger partial charge in [0.15, 0.2) is 0 Å². The van der Waals surface area contributed by atoms with Crippen LogP contribution in [-0.2, 0) is 16.4 Å². The lowest BCUT2D eigenvalue weighted by Gasteiger charge is -2.01.